The number of carbonyl (C=O) groups excluding carboxylic acids is 1. The van der Waals surface area contributed by atoms with Crippen molar-refractivity contribution in [3.63, 3.8) is 0 Å². The second kappa shape index (κ2) is 13.1. The van der Waals surface area contributed by atoms with Crippen molar-refractivity contribution >= 4 is 17.4 Å². The van der Waals surface area contributed by atoms with E-state index in [0.29, 0.717) is 12.2 Å². The zero-order valence-corrected chi connectivity index (χ0v) is 18.3. The summed E-state index contributed by atoms with van der Waals surface area (Å²) in [6, 6.07) is 7.05. The third kappa shape index (κ3) is 7.66. The lowest BCUT2D eigenvalue weighted by atomic mass is 10.1. The third-order valence-corrected chi connectivity index (χ3v) is 4.31. The molecule has 1 unspecified atom stereocenters. The molecule has 0 radical (unpaired) electrons. The maximum Gasteiger partial charge on any atom is 0.319 e. The van der Waals surface area contributed by atoms with Gasteiger partial charge in [0.1, 0.15) is 6.04 Å². The molecule has 1 aromatic carbocycles. The summed E-state index contributed by atoms with van der Waals surface area (Å²) >= 11 is 0. The minimum atomic E-state index is -0.519. The van der Waals surface area contributed by atoms with Crippen molar-refractivity contribution in [3.8, 4) is 6.07 Å². The van der Waals surface area contributed by atoms with E-state index in [1.54, 1.807) is 25.5 Å². The number of carbonyl (C=O) groups is 1. The van der Waals surface area contributed by atoms with Crippen LogP contribution in [0, 0.1) is 11.3 Å². The van der Waals surface area contributed by atoms with Crippen LogP contribution in [0.3, 0.4) is 0 Å². The Bertz CT molecular complexity index is 758. The average molecular weight is 417 g/mol. The smallest absolute Gasteiger partial charge is 0.319 e. The van der Waals surface area contributed by atoms with Crippen molar-refractivity contribution in [3.05, 3.63) is 48.9 Å². The van der Waals surface area contributed by atoms with Crippen molar-refractivity contribution in [1.29, 1.82) is 5.26 Å². The number of anilines is 2. The van der Waals surface area contributed by atoms with Crippen LogP contribution in [-0.4, -0.2) is 58.1 Å². The molecule has 9 nitrogen and oxygen atoms in total. The monoisotopic (exact) mass is 416 g/mol. The van der Waals surface area contributed by atoms with E-state index >= 15 is 0 Å². The van der Waals surface area contributed by atoms with Gasteiger partial charge in [0.15, 0.2) is 6.29 Å². The molecule has 2 amide bonds. The minimum Gasteiger partial charge on any atom is -0.393 e. The molecule has 0 heterocycles. The molecule has 0 aromatic heterocycles. The number of ether oxygens (including phenoxy) is 2. The van der Waals surface area contributed by atoms with Gasteiger partial charge in [-0.15, -0.1) is 0 Å². The normalized spacial score (nSPS) is 11.6. The highest BCUT2D eigenvalue weighted by Crippen LogP contribution is 2.27. The van der Waals surface area contributed by atoms with Crippen molar-refractivity contribution in [1.82, 2.24) is 15.5 Å². The van der Waals surface area contributed by atoms with Crippen LogP contribution in [0.5, 0.6) is 0 Å². The maximum atomic E-state index is 12.2. The third-order valence-electron chi connectivity index (χ3n) is 4.31. The Morgan fingerprint density at radius 1 is 1.37 bits per heavy atom. The lowest BCUT2D eigenvalue weighted by Gasteiger charge is -2.27. The van der Waals surface area contributed by atoms with E-state index in [-0.39, 0.29) is 18.6 Å². The molecular weight excluding hydrogens is 384 g/mol. The van der Waals surface area contributed by atoms with Crippen LogP contribution in [0.1, 0.15) is 12.5 Å². The largest absolute Gasteiger partial charge is 0.393 e. The molecule has 164 valence electrons. The zero-order valence-electron chi connectivity index (χ0n) is 18.3. The van der Waals surface area contributed by atoms with Crippen molar-refractivity contribution in [2.45, 2.75) is 25.8 Å². The van der Waals surface area contributed by atoms with E-state index in [0.717, 1.165) is 11.3 Å². The molecule has 0 aliphatic carbocycles. The van der Waals surface area contributed by atoms with Crippen molar-refractivity contribution < 1.29 is 14.3 Å². The van der Waals surface area contributed by atoms with Gasteiger partial charge in [0.25, 0.3) is 0 Å². The van der Waals surface area contributed by atoms with Gasteiger partial charge in [-0.25, -0.2) is 4.79 Å². The van der Waals surface area contributed by atoms with Gasteiger partial charge in [-0.1, -0.05) is 6.58 Å². The molecule has 3 N–H and O–H groups in total. The summed E-state index contributed by atoms with van der Waals surface area (Å²) in [7, 11) is 6.71. The number of benzene rings is 1. The molecule has 0 saturated heterocycles. The second-order valence-electron chi connectivity index (χ2n) is 6.49. The SMILES string of the molecule is C=CN(C)Cc1cc(NC(=O)NCC(OC)OC)ccc1N(/C=C\NC)C(C)C#N. The van der Waals surface area contributed by atoms with Crippen LogP contribution in [0.25, 0.3) is 0 Å². The minimum absolute atomic E-state index is 0.214. The number of nitriles is 1. The molecule has 1 rings (SSSR count). The number of urea groups is 1. The number of methoxy groups -OCH3 is 2. The Hall–Kier alpha value is -3.22. The fourth-order valence-corrected chi connectivity index (χ4v) is 2.62. The average Bonchev–Trinajstić information content (AvgIpc) is 2.75. The highest BCUT2D eigenvalue weighted by atomic mass is 16.7. The van der Waals surface area contributed by atoms with Gasteiger partial charge in [-0.3, -0.25) is 0 Å². The molecular formula is C21H32N6O3. The molecule has 0 bridgehead atoms. The first kappa shape index (κ1) is 24.8. The number of rotatable bonds is 12. The van der Waals surface area contributed by atoms with E-state index in [1.807, 2.05) is 42.1 Å². The Balaban J connectivity index is 3.14. The topological polar surface area (TPSA) is 102 Å². The Kier molecular flexibility index (Phi) is 10.8. The van der Waals surface area contributed by atoms with E-state index < -0.39 is 6.29 Å². The highest BCUT2D eigenvalue weighted by Gasteiger charge is 2.17. The second-order valence-corrected chi connectivity index (χ2v) is 6.49. The first-order chi connectivity index (χ1) is 14.4. The first-order valence-electron chi connectivity index (χ1n) is 9.48. The molecule has 0 fully saturated rings. The van der Waals surface area contributed by atoms with Crippen molar-refractivity contribution in [2.75, 3.05) is 45.1 Å². The summed E-state index contributed by atoms with van der Waals surface area (Å²) < 4.78 is 10.1. The fourth-order valence-electron chi connectivity index (χ4n) is 2.62. The van der Waals surface area contributed by atoms with Crippen LogP contribution in [-0.2, 0) is 16.0 Å². The van der Waals surface area contributed by atoms with Gasteiger partial charge in [-0.05, 0) is 36.9 Å². The first-order valence-corrected chi connectivity index (χ1v) is 9.48. The van der Waals surface area contributed by atoms with E-state index in [4.69, 9.17) is 9.47 Å². The number of amides is 2. The fraction of sp³-hybridized carbons (Fsp3) is 0.429. The number of nitrogens with one attached hydrogen (secondary N) is 3. The molecule has 1 aromatic rings. The molecule has 9 heteroatoms. The molecule has 1 atom stereocenters. The number of hydrogen-bond acceptors (Lipinski definition) is 7. The van der Waals surface area contributed by atoms with E-state index in [1.165, 1.54) is 14.2 Å². The Morgan fingerprint density at radius 2 is 2.07 bits per heavy atom. The molecule has 0 spiro atoms. The predicted molar refractivity (Wildman–Crippen MR) is 119 cm³/mol. The van der Waals surface area contributed by atoms with Crippen LogP contribution < -0.4 is 20.9 Å². The Labute approximate surface area is 178 Å². The highest BCUT2D eigenvalue weighted by molar-refractivity contribution is 5.89. The predicted octanol–water partition coefficient (Wildman–Crippen LogP) is 2.41. The van der Waals surface area contributed by atoms with Crippen molar-refractivity contribution in [2.24, 2.45) is 0 Å². The Morgan fingerprint density at radius 3 is 2.63 bits per heavy atom. The van der Waals surface area contributed by atoms with Gasteiger partial charge in [0.2, 0.25) is 0 Å². The lowest BCUT2D eigenvalue weighted by molar-refractivity contribution is -0.0970. The van der Waals surface area contributed by atoms with Gasteiger partial charge in [-0.2, -0.15) is 5.26 Å². The standard InChI is InChI=1S/C21H32N6O3/c1-7-26(4)15-17-12-18(25-21(28)24-14-20(29-5)30-6)8-9-19(17)27(11-10-23-3)16(2)13-22/h7-12,16,20,23H,1,14-15H2,2-6H3,(H2,24,25,28)/b11-10-. The van der Waals surface area contributed by atoms with Crippen LogP contribution in [0.4, 0.5) is 16.2 Å². The molecule has 0 aliphatic rings. The van der Waals surface area contributed by atoms with Gasteiger partial charge >= 0.3 is 6.03 Å². The number of hydrogen-bond donors (Lipinski definition) is 3. The van der Waals surface area contributed by atoms with E-state index in [2.05, 4.69) is 28.6 Å². The summed E-state index contributed by atoms with van der Waals surface area (Å²) in [6.45, 7) is 6.38. The quantitative estimate of drug-likeness (QED) is 0.450. The van der Waals surface area contributed by atoms with E-state index in [9.17, 15) is 10.1 Å². The molecule has 30 heavy (non-hydrogen) atoms. The molecule has 0 aliphatic heterocycles. The zero-order chi connectivity index (χ0) is 22.5. The van der Waals surface area contributed by atoms with Crippen LogP contribution in [0.15, 0.2) is 43.4 Å². The summed E-state index contributed by atoms with van der Waals surface area (Å²) in [4.78, 5) is 16.0. The van der Waals surface area contributed by atoms with Crippen LogP contribution >= 0.6 is 0 Å². The summed E-state index contributed by atoms with van der Waals surface area (Å²) in [5, 5.41) is 17.9. The number of nitrogens with zero attached hydrogens (tertiary/aromatic N) is 3. The van der Waals surface area contributed by atoms with Gasteiger partial charge in [0.05, 0.1) is 12.6 Å². The summed E-state index contributed by atoms with van der Waals surface area (Å²) in [6.07, 6.45) is 4.77. The van der Waals surface area contributed by atoms with Gasteiger partial charge < -0.3 is 35.2 Å². The molecule has 0 saturated carbocycles. The van der Waals surface area contributed by atoms with Gasteiger partial charge in [0, 0.05) is 58.6 Å². The summed E-state index contributed by atoms with van der Waals surface area (Å²) in [5.74, 6) is 0. The lowest BCUT2D eigenvalue weighted by Crippen LogP contribution is -2.36. The van der Waals surface area contributed by atoms with Crippen LogP contribution in [0.2, 0.25) is 0 Å². The summed E-state index contributed by atoms with van der Waals surface area (Å²) in [5.41, 5.74) is 2.40. The maximum absolute atomic E-state index is 12.2.